The molecule has 0 unspecified atom stereocenters. The summed E-state index contributed by atoms with van der Waals surface area (Å²) < 4.78 is 56.0. The van der Waals surface area contributed by atoms with Crippen molar-refractivity contribution in [2.75, 3.05) is 21.7 Å². The number of amides is 1. The lowest BCUT2D eigenvalue weighted by Crippen LogP contribution is -2.37. The van der Waals surface area contributed by atoms with Crippen molar-refractivity contribution in [1.29, 1.82) is 0 Å². The lowest BCUT2D eigenvalue weighted by atomic mass is 10.2. The Labute approximate surface area is 148 Å². The van der Waals surface area contributed by atoms with E-state index >= 15 is 0 Å². The van der Waals surface area contributed by atoms with Gasteiger partial charge in [-0.1, -0.05) is 18.2 Å². The number of nitrogens with zero attached hydrogens (tertiary/aromatic N) is 2. The Bertz CT molecular complexity index is 932. The third-order valence-corrected chi connectivity index (χ3v) is 5.61. The zero-order chi connectivity index (χ0) is 18.9. The van der Waals surface area contributed by atoms with E-state index in [-0.39, 0.29) is 30.9 Å². The van der Waals surface area contributed by atoms with Crippen LogP contribution in [0.4, 0.5) is 30.6 Å². The summed E-state index contributed by atoms with van der Waals surface area (Å²) in [6.07, 6.45) is -1.03. The first kappa shape index (κ1) is 17.9. The molecule has 2 N–H and O–H groups in total. The first-order chi connectivity index (χ1) is 12.3. The summed E-state index contributed by atoms with van der Waals surface area (Å²) in [4.78, 5) is 10.5. The van der Waals surface area contributed by atoms with Crippen LogP contribution in [0.1, 0.15) is 6.42 Å². The maximum Gasteiger partial charge on any atom is 0.404 e. The predicted molar refractivity (Wildman–Crippen MR) is 91.8 cm³/mol. The lowest BCUT2D eigenvalue weighted by Gasteiger charge is -2.22. The Balaban J connectivity index is 2.01. The van der Waals surface area contributed by atoms with Crippen LogP contribution in [0.15, 0.2) is 42.5 Å². The Hall–Kier alpha value is -2.88. The molecule has 0 atom stereocenters. The number of benzene rings is 2. The molecule has 0 fully saturated rings. The van der Waals surface area contributed by atoms with Gasteiger partial charge >= 0.3 is 16.3 Å². The molecule has 1 heterocycles. The van der Waals surface area contributed by atoms with Crippen LogP contribution in [-0.2, 0) is 10.2 Å². The van der Waals surface area contributed by atoms with Crippen LogP contribution in [0.3, 0.4) is 0 Å². The van der Waals surface area contributed by atoms with Crippen LogP contribution >= 0.6 is 0 Å². The second-order valence-electron chi connectivity index (χ2n) is 5.49. The summed E-state index contributed by atoms with van der Waals surface area (Å²) in [5, 5.41) is 10.7. The number of carbonyl (C=O) groups is 1. The van der Waals surface area contributed by atoms with E-state index in [0.29, 0.717) is 4.31 Å². The summed E-state index contributed by atoms with van der Waals surface area (Å²) in [6.45, 7) is -0.0101. The van der Waals surface area contributed by atoms with Crippen molar-refractivity contribution in [2.24, 2.45) is 0 Å². The number of fused-ring (bicyclic) bond motifs is 1. The summed E-state index contributed by atoms with van der Waals surface area (Å²) in [5.41, 5.74) is -0.278. The highest BCUT2D eigenvalue weighted by Gasteiger charge is 2.43. The molecule has 0 spiro atoms. The van der Waals surface area contributed by atoms with E-state index in [9.17, 15) is 22.0 Å². The lowest BCUT2D eigenvalue weighted by molar-refractivity contribution is 0.194. The van der Waals surface area contributed by atoms with Gasteiger partial charge in [-0.2, -0.15) is 8.42 Å². The molecule has 3 rings (SSSR count). The summed E-state index contributed by atoms with van der Waals surface area (Å²) in [7, 11) is -4.27. The number of halogens is 2. The van der Waals surface area contributed by atoms with E-state index < -0.39 is 33.6 Å². The molecule has 0 aliphatic carbocycles. The minimum absolute atomic E-state index is 0.0393. The highest BCUT2D eigenvalue weighted by Crippen LogP contribution is 2.46. The molecule has 26 heavy (non-hydrogen) atoms. The van der Waals surface area contributed by atoms with E-state index in [1.807, 2.05) is 0 Å². The highest BCUT2D eigenvalue weighted by molar-refractivity contribution is 7.95. The Morgan fingerprint density at radius 2 is 1.65 bits per heavy atom. The second kappa shape index (κ2) is 6.79. The molecule has 0 bridgehead atoms. The smallest absolute Gasteiger partial charge is 0.404 e. The van der Waals surface area contributed by atoms with Gasteiger partial charge in [-0.25, -0.2) is 17.9 Å². The molecule has 1 amide bonds. The van der Waals surface area contributed by atoms with Crippen LogP contribution in [0.5, 0.6) is 0 Å². The minimum Gasteiger partial charge on any atom is -0.465 e. The van der Waals surface area contributed by atoms with Gasteiger partial charge in [0, 0.05) is 13.1 Å². The fourth-order valence-electron chi connectivity index (χ4n) is 2.77. The monoisotopic (exact) mass is 383 g/mol. The average molecular weight is 383 g/mol. The van der Waals surface area contributed by atoms with Crippen molar-refractivity contribution in [2.45, 2.75) is 6.42 Å². The van der Waals surface area contributed by atoms with Gasteiger partial charge in [-0.15, -0.1) is 0 Å². The van der Waals surface area contributed by atoms with E-state index in [0.717, 1.165) is 22.5 Å². The number of rotatable bonds is 5. The third kappa shape index (κ3) is 3.03. The predicted octanol–water partition coefficient (Wildman–Crippen LogP) is 2.83. The maximum absolute atomic E-state index is 14.2. The molecule has 7 nitrogen and oxygen atoms in total. The first-order valence-electron chi connectivity index (χ1n) is 7.67. The molecule has 2 aromatic rings. The van der Waals surface area contributed by atoms with Crippen molar-refractivity contribution in [3.63, 3.8) is 0 Å². The Morgan fingerprint density at radius 3 is 2.27 bits per heavy atom. The first-order valence-corrected chi connectivity index (χ1v) is 9.06. The van der Waals surface area contributed by atoms with E-state index in [1.165, 1.54) is 12.1 Å². The zero-order valence-corrected chi connectivity index (χ0v) is 14.2. The molecule has 138 valence electrons. The number of hydrogen-bond donors (Lipinski definition) is 2. The fraction of sp³-hybridized carbons (Fsp3) is 0.188. The number of nitrogens with one attached hydrogen (secondary N) is 1. The molecule has 0 radical (unpaired) electrons. The number of anilines is 3. The molecule has 10 heteroatoms. The number of carboxylic acid groups (broad SMARTS) is 1. The average Bonchev–Trinajstić information content (AvgIpc) is 2.79. The minimum atomic E-state index is -4.27. The van der Waals surface area contributed by atoms with E-state index in [2.05, 4.69) is 5.32 Å². The fourth-order valence-corrected chi connectivity index (χ4v) is 4.53. The Kier molecular flexibility index (Phi) is 4.68. The standard InChI is InChI=1S/C16H15F2N3O4S/c17-11-5-3-6-12(18)15(11)21-14-8-2-1-7-13(14)20(26(21,24)25)10-4-9-19-16(22)23/h1-3,5-8,19H,4,9-10H2,(H,22,23). The van der Waals surface area contributed by atoms with Gasteiger partial charge in [0.25, 0.3) is 0 Å². The van der Waals surface area contributed by atoms with E-state index in [1.54, 1.807) is 12.1 Å². The molecular formula is C16H15F2N3O4S. The van der Waals surface area contributed by atoms with Gasteiger partial charge in [-0.05, 0) is 30.7 Å². The molecule has 0 aromatic heterocycles. The van der Waals surface area contributed by atoms with Crippen LogP contribution in [-0.4, -0.2) is 32.7 Å². The molecule has 2 aromatic carbocycles. The maximum atomic E-state index is 14.2. The van der Waals surface area contributed by atoms with Crippen molar-refractivity contribution in [1.82, 2.24) is 5.32 Å². The van der Waals surface area contributed by atoms with Crippen LogP contribution in [0.25, 0.3) is 0 Å². The van der Waals surface area contributed by atoms with Gasteiger partial charge < -0.3 is 10.4 Å². The summed E-state index contributed by atoms with van der Waals surface area (Å²) in [6, 6.07) is 9.27. The molecule has 1 aliphatic heterocycles. The quantitative estimate of drug-likeness (QED) is 0.777. The number of hydrogen-bond acceptors (Lipinski definition) is 3. The SMILES string of the molecule is O=C(O)NCCCN1c2ccccc2N(c2c(F)cccc2F)S1(=O)=O. The van der Waals surface area contributed by atoms with Crippen molar-refractivity contribution < 1.29 is 27.1 Å². The highest BCUT2D eigenvalue weighted by atomic mass is 32.2. The summed E-state index contributed by atoms with van der Waals surface area (Å²) in [5.74, 6) is -2.00. The van der Waals surface area contributed by atoms with Crippen molar-refractivity contribution in [3.8, 4) is 0 Å². The van der Waals surface area contributed by atoms with Gasteiger partial charge in [-0.3, -0.25) is 4.31 Å². The molecule has 1 aliphatic rings. The summed E-state index contributed by atoms with van der Waals surface area (Å²) >= 11 is 0. The number of para-hydroxylation sites is 3. The zero-order valence-electron chi connectivity index (χ0n) is 13.4. The molecular weight excluding hydrogens is 368 g/mol. The van der Waals surface area contributed by atoms with Gasteiger partial charge in [0.15, 0.2) is 11.6 Å². The largest absolute Gasteiger partial charge is 0.465 e. The topological polar surface area (TPSA) is 89.9 Å². The molecule has 0 saturated carbocycles. The normalized spacial score (nSPS) is 15.0. The van der Waals surface area contributed by atoms with Crippen LogP contribution in [0.2, 0.25) is 0 Å². The molecule has 0 saturated heterocycles. The van der Waals surface area contributed by atoms with Crippen LogP contribution in [0, 0.1) is 11.6 Å². The van der Waals surface area contributed by atoms with Gasteiger partial charge in [0.2, 0.25) is 0 Å². The van der Waals surface area contributed by atoms with Gasteiger partial charge in [0.1, 0.15) is 5.69 Å². The van der Waals surface area contributed by atoms with Crippen molar-refractivity contribution >= 4 is 33.4 Å². The van der Waals surface area contributed by atoms with Crippen molar-refractivity contribution in [3.05, 3.63) is 54.1 Å². The van der Waals surface area contributed by atoms with E-state index in [4.69, 9.17) is 5.11 Å². The second-order valence-corrected chi connectivity index (χ2v) is 7.19. The Morgan fingerprint density at radius 1 is 1.04 bits per heavy atom. The third-order valence-electron chi connectivity index (χ3n) is 3.83. The van der Waals surface area contributed by atoms with Gasteiger partial charge in [0.05, 0.1) is 11.4 Å². The van der Waals surface area contributed by atoms with Crippen LogP contribution < -0.4 is 13.9 Å².